The van der Waals surface area contributed by atoms with E-state index in [1.165, 1.54) is 23.5 Å². The Labute approximate surface area is 137 Å². The van der Waals surface area contributed by atoms with E-state index in [4.69, 9.17) is 4.74 Å². The van der Waals surface area contributed by atoms with Crippen molar-refractivity contribution in [1.82, 2.24) is 9.62 Å². The highest BCUT2D eigenvalue weighted by molar-refractivity contribution is 7.89. The fraction of sp³-hybridized carbons (Fsp3) is 0.562. The van der Waals surface area contributed by atoms with Crippen LogP contribution in [0.5, 0.6) is 5.75 Å². The van der Waals surface area contributed by atoms with Gasteiger partial charge in [-0.15, -0.1) is 0 Å². The van der Waals surface area contributed by atoms with Gasteiger partial charge in [-0.05, 0) is 43.9 Å². The van der Waals surface area contributed by atoms with Crippen LogP contribution in [0.4, 0.5) is 0 Å². The fourth-order valence-corrected chi connectivity index (χ4v) is 4.30. The van der Waals surface area contributed by atoms with Crippen LogP contribution in [0, 0.1) is 5.92 Å². The van der Waals surface area contributed by atoms with E-state index in [0.29, 0.717) is 31.1 Å². The van der Waals surface area contributed by atoms with Crippen molar-refractivity contribution in [3.63, 3.8) is 0 Å². The maximum atomic E-state index is 12.9. The van der Waals surface area contributed by atoms with E-state index < -0.39 is 10.0 Å². The lowest BCUT2D eigenvalue weighted by Crippen LogP contribution is -2.38. The number of sulfonamides is 1. The number of nitrogens with zero attached hydrogens (tertiary/aromatic N) is 1. The Morgan fingerprint density at radius 3 is 2.57 bits per heavy atom. The van der Waals surface area contributed by atoms with E-state index in [9.17, 15) is 13.2 Å². The Kier molecular flexibility index (Phi) is 5.64. The Hall–Kier alpha value is -1.60. The Balaban J connectivity index is 2.39. The molecule has 6 nitrogen and oxygen atoms in total. The molecule has 1 fully saturated rings. The van der Waals surface area contributed by atoms with Crippen molar-refractivity contribution in [2.75, 3.05) is 26.7 Å². The summed E-state index contributed by atoms with van der Waals surface area (Å²) < 4.78 is 32.5. The number of amides is 1. The van der Waals surface area contributed by atoms with E-state index in [2.05, 4.69) is 12.2 Å². The second kappa shape index (κ2) is 7.31. The molecule has 0 spiro atoms. The van der Waals surface area contributed by atoms with E-state index in [1.54, 1.807) is 6.07 Å². The Bertz CT molecular complexity index is 665. The first-order valence-corrected chi connectivity index (χ1v) is 9.30. The van der Waals surface area contributed by atoms with Gasteiger partial charge in [-0.3, -0.25) is 4.79 Å². The molecule has 1 saturated heterocycles. The first-order valence-electron chi connectivity index (χ1n) is 7.86. The second-order valence-electron chi connectivity index (χ2n) is 5.81. The summed E-state index contributed by atoms with van der Waals surface area (Å²) in [4.78, 5) is 12.0. The Morgan fingerprint density at radius 1 is 1.35 bits per heavy atom. The molecular formula is C16H24N2O4S. The third kappa shape index (κ3) is 3.84. The largest absolute Gasteiger partial charge is 0.495 e. The molecular weight excluding hydrogens is 316 g/mol. The predicted octanol–water partition coefficient (Wildman–Crippen LogP) is 1.87. The van der Waals surface area contributed by atoms with Crippen LogP contribution in [0.3, 0.4) is 0 Å². The predicted molar refractivity (Wildman–Crippen MR) is 88.2 cm³/mol. The number of benzene rings is 1. The topological polar surface area (TPSA) is 75.7 Å². The van der Waals surface area contributed by atoms with Gasteiger partial charge in [0.1, 0.15) is 10.6 Å². The van der Waals surface area contributed by atoms with Crippen molar-refractivity contribution in [3.8, 4) is 5.75 Å². The van der Waals surface area contributed by atoms with Gasteiger partial charge in [0.15, 0.2) is 0 Å². The molecule has 0 saturated carbocycles. The Morgan fingerprint density at radius 2 is 2.00 bits per heavy atom. The molecule has 23 heavy (non-hydrogen) atoms. The first-order chi connectivity index (χ1) is 10.9. The van der Waals surface area contributed by atoms with Gasteiger partial charge in [0, 0.05) is 25.2 Å². The smallest absolute Gasteiger partial charge is 0.251 e. The number of carbonyl (C=O) groups is 1. The molecule has 0 unspecified atom stereocenters. The summed E-state index contributed by atoms with van der Waals surface area (Å²) in [5, 5.41) is 2.68. The third-order valence-corrected chi connectivity index (χ3v) is 6.04. The number of rotatable bonds is 5. The summed E-state index contributed by atoms with van der Waals surface area (Å²) >= 11 is 0. The van der Waals surface area contributed by atoms with Crippen LogP contribution in [-0.2, 0) is 10.0 Å². The van der Waals surface area contributed by atoms with Gasteiger partial charge in [0.05, 0.1) is 7.11 Å². The van der Waals surface area contributed by atoms with Gasteiger partial charge in [0.25, 0.3) is 5.91 Å². The van der Waals surface area contributed by atoms with Crippen LogP contribution in [0.15, 0.2) is 23.1 Å². The molecule has 128 valence electrons. The molecule has 0 aromatic heterocycles. The highest BCUT2D eigenvalue weighted by atomic mass is 32.2. The van der Waals surface area contributed by atoms with Gasteiger partial charge >= 0.3 is 0 Å². The van der Waals surface area contributed by atoms with Crippen molar-refractivity contribution >= 4 is 15.9 Å². The number of nitrogens with one attached hydrogen (secondary N) is 1. The fourth-order valence-electron chi connectivity index (χ4n) is 2.65. The van der Waals surface area contributed by atoms with Crippen LogP contribution in [-0.4, -0.2) is 45.4 Å². The molecule has 1 aliphatic rings. The zero-order valence-corrected chi connectivity index (χ0v) is 14.6. The summed E-state index contributed by atoms with van der Waals surface area (Å²) in [5.41, 5.74) is 0.316. The van der Waals surface area contributed by atoms with E-state index in [1.807, 2.05) is 6.92 Å². The normalized spacial score (nSPS) is 17.0. The molecule has 1 aromatic rings. The minimum absolute atomic E-state index is 0.0540. The van der Waals surface area contributed by atoms with E-state index >= 15 is 0 Å². The van der Waals surface area contributed by atoms with Crippen LogP contribution in [0.25, 0.3) is 0 Å². The summed E-state index contributed by atoms with van der Waals surface area (Å²) in [7, 11) is -2.24. The number of ether oxygens (including phenoxy) is 1. The van der Waals surface area contributed by atoms with Crippen molar-refractivity contribution in [2.24, 2.45) is 5.92 Å². The molecule has 1 amide bonds. The van der Waals surface area contributed by atoms with Crippen molar-refractivity contribution in [2.45, 2.75) is 31.6 Å². The average Bonchev–Trinajstić information content (AvgIpc) is 2.55. The standard InChI is InChI=1S/C16H24N2O4S/c1-4-17-16(19)13-5-6-14(22-3)15(11-13)23(20,21)18-9-7-12(2)8-10-18/h5-6,11-12H,4,7-10H2,1-3H3,(H,17,19). The van der Waals surface area contributed by atoms with Crippen LogP contribution in [0.1, 0.15) is 37.0 Å². The number of piperidine rings is 1. The second-order valence-corrected chi connectivity index (χ2v) is 7.72. The lowest BCUT2D eigenvalue weighted by atomic mass is 10.0. The lowest BCUT2D eigenvalue weighted by molar-refractivity contribution is 0.0955. The van der Waals surface area contributed by atoms with Gasteiger partial charge < -0.3 is 10.1 Å². The van der Waals surface area contributed by atoms with Crippen molar-refractivity contribution in [1.29, 1.82) is 0 Å². The summed E-state index contributed by atoms with van der Waals surface area (Å²) in [6.45, 7) is 5.42. The maximum Gasteiger partial charge on any atom is 0.251 e. The molecule has 0 bridgehead atoms. The third-order valence-electron chi connectivity index (χ3n) is 4.12. The summed E-state index contributed by atoms with van der Waals surface area (Å²) in [6, 6.07) is 4.50. The first kappa shape index (κ1) is 17.7. The van der Waals surface area contributed by atoms with Crippen molar-refractivity contribution in [3.05, 3.63) is 23.8 Å². The SMILES string of the molecule is CCNC(=O)c1ccc(OC)c(S(=O)(=O)N2CCC(C)CC2)c1. The summed E-state index contributed by atoms with van der Waals surface area (Å²) in [6.07, 6.45) is 1.69. The van der Waals surface area contributed by atoms with Crippen LogP contribution >= 0.6 is 0 Å². The highest BCUT2D eigenvalue weighted by Crippen LogP contribution is 2.30. The van der Waals surface area contributed by atoms with E-state index in [0.717, 1.165) is 12.8 Å². The number of hydrogen-bond donors (Lipinski definition) is 1. The number of carbonyl (C=O) groups excluding carboxylic acids is 1. The molecule has 0 aliphatic carbocycles. The molecule has 1 heterocycles. The zero-order chi connectivity index (χ0) is 17.0. The number of hydrogen-bond acceptors (Lipinski definition) is 4. The molecule has 7 heteroatoms. The molecule has 1 aliphatic heterocycles. The van der Waals surface area contributed by atoms with Gasteiger partial charge in [-0.2, -0.15) is 4.31 Å². The number of methoxy groups -OCH3 is 1. The van der Waals surface area contributed by atoms with Gasteiger partial charge in [-0.1, -0.05) is 6.92 Å². The summed E-state index contributed by atoms with van der Waals surface area (Å²) in [5.74, 6) is 0.501. The van der Waals surface area contributed by atoms with E-state index in [-0.39, 0.29) is 16.6 Å². The molecule has 1 N–H and O–H groups in total. The van der Waals surface area contributed by atoms with Crippen molar-refractivity contribution < 1.29 is 17.9 Å². The zero-order valence-electron chi connectivity index (χ0n) is 13.8. The monoisotopic (exact) mass is 340 g/mol. The minimum Gasteiger partial charge on any atom is -0.495 e. The minimum atomic E-state index is -3.67. The molecule has 0 atom stereocenters. The quantitative estimate of drug-likeness (QED) is 0.888. The maximum absolute atomic E-state index is 12.9. The molecule has 1 aromatic carbocycles. The van der Waals surface area contributed by atoms with Gasteiger partial charge in [-0.25, -0.2) is 8.42 Å². The average molecular weight is 340 g/mol. The molecule has 0 radical (unpaired) electrons. The molecule has 2 rings (SSSR count). The van der Waals surface area contributed by atoms with Gasteiger partial charge in [0.2, 0.25) is 10.0 Å². The lowest BCUT2D eigenvalue weighted by Gasteiger charge is -2.29. The van der Waals surface area contributed by atoms with Crippen LogP contribution in [0.2, 0.25) is 0 Å². The highest BCUT2D eigenvalue weighted by Gasteiger charge is 2.31. The van der Waals surface area contributed by atoms with Crippen LogP contribution < -0.4 is 10.1 Å².